The Balaban J connectivity index is 3.07. The molecule has 1 rings (SSSR count). The predicted octanol–water partition coefficient (Wildman–Crippen LogP) is 3.68. The Morgan fingerprint density at radius 2 is 1.74 bits per heavy atom. The number of hydrogen-bond donors (Lipinski definition) is 1. The molecule has 0 amide bonds. The van der Waals surface area contributed by atoms with Crippen molar-refractivity contribution in [3.05, 3.63) is 23.5 Å². The van der Waals surface area contributed by atoms with Crippen LogP contribution < -0.4 is 14.8 Å². The molecule has 0 radical (unpaired) electrons. The summed E-state index contributed by atoms with van der Waals surface area (Å²) in [7, 11) is 3.07. The Morgan fingerprint density at radius 1 is 1.11 bits per heavy atom. The van der Waals surface area contributed by atoms with Crippen LogP contribution in [0.1, 0.15) is 44.7 Å². The average molecular weight is 269 g/mol. The highest BCUT2D eigenvalue weighted by molar-refractivity contribution is 5.44. The minimum absolute atomic E-state index is 0.0183. The zero-order valence-corrected chi connectivity index (χ0v) is 12.3. The zero-order valence-electron chi connectivity index (χ0n) is 12.3. The number of benzene rings is 1. The zero-order chi connectivity index (χ0) is 14.3. The lowest BCUT2D eigenvalue weighted by molar-refractivity contribution is 0.349. The minimum Gasteiger partial charge on any atom is -0.493 e. The molecule has 1 aromatic rings. The van der Waals surface area contributed by atoms with Gasteiger partial charge in [0.25, 0.3) is 0 Å². The fraction of sp³-hybridized carbons (Fsp3) is 0.600. The van der Waals surface area contributed by atoms with Crippen LogP contribution in [-0.4, -0.2) is 20.8 Å². The molecule has 4 heteroatoms. The second kappa shape index (κ2) is 8.00. The predicted molar refractivity (Wildman–Crippen MR) is 75.4 cm³/mol. The lowest BCUT2D eigenvalue weighted by atomic mass is 10.0. The molecule has 0 spiro atoms. The van der Waals surface area contributed by atoms with Gasteiger partial charge in [0.2, 0.25) is 0 Å². The van der Waals surface area contributed by atoms with Gasteiger partial charge in [0.15, 0.2) is 11.5 Å². The smallest absolute Gasteiger partial charge is 0.163 e. The third-order valence-corrected chi connectivity index (χ3v) is 3.10. The highest BCUT2D eigenvalue weighted by atomic mass is 19.1. The van der Waals surface area contributed by atoms with Gasteiger partial charge in [0.1, 0.15) is 5.82 Å². The van der Waals surface area contributed by atoms with Crippen LogP contribution in [0.3, 0.4) is 0 Å². The molecular weight excluding hydrogens is 245 g/mol. The van der Waals surface area contributed by atoms with Gasteiger partial charge in [-0.2, -0.15) is 0 Å². The topological polar surface area (TPSA) is 30.5 Å². The molecule has 0 aliphatic heterocycles. The summed E-state index contributed by atoms with van der Waals surface area (Å²) in [5.41, 5.74) is 0.646. The van der Waals surface area contributed by atoms with Crippen molar-refractivity contribution in [3.63, 3.8) is 0 Å². The van der Waals surface area contributed by atoms with E-state index >= 15 is 0 Å². The van der Waals surface area contributed by atoms with Crippen LogP contribution in [0.25, 0.3) is 0 Å². The summed E-state index contributed by atoms with van der Waals surface area (Å²) in [5, 5.41) is 3.38. The van der Waals surface area contributed by atoms with Gasteiger partial charge >= 0.3 is 0 Å². The van der Waals surface area contributed by atoms with E-state index in [1.807, 2.05) is 0 Å². The molecule has 0 aliphatic carbocycles. The monoisotopic (exact) mass is 269 g/mol. The molecule has 3 nitrogen and oxygen atoms in total. The first-order chi connectivity index (χ1) is 9.17. The quantitative estimate of drug-likeness (QED) is 0.781. The van der Waals surface area contributed by atoms with Crippen molar-refractivity contribution in [2.75, 3.05) is 20.8 Å². The molecule has 1 atom stereocenters. The molecule has 1 N–H and O–H groups in total. The van der Waals surface area contributed by atoms with Crippen LogP contribution in [0.2, 0.25) is 0 Å². The van der Waals surface area contributed by atoms with E-state index in [1.54, 1.807) is 13.2 Å². The highest BCUT2D eigenvalue weighted by Crippen LogP contribution is 2.33. The molecule has 0 saturated carbocycles. The average Bonchev–Trinajstić information content (AvgIpc) is 2.43. The van der Waals surface area contributed by atoms with Crippen LogP contribution in [0.15, 0.2) is 12.1 Å². The third kappa shape index (κ3) is 4.10. The fourth-order valence-corrected chi connectivity index (χ4v) is 2.11. The molecule has 0 fully saturated rings. The molecule has 0 aromatic heterocycles. The molecule has 1 unspecified atom stereocenters. The van der Waals surface area contributed by atoms with Crippen molar-refractivity contribution in [2.24, 2.45) is 0 Å². The number of hydrogen-bond acceptors (Lipinski definition) is 3. The summed E-state index contributed by atoms with van der Waals surface area (Å²) < 4.78 is 24.5. The van der Waals surface area contributed by atoms with Crippen LogP contribution in [-0.2, 0) is 0 Å². The van der Waals surface area contributed by atoms with Crippen molar-refractivity contribution >= 4 is 0 Å². The number of ether oxygens (including phenoxy) is 2. The van der Waals surface area contributed by atoms with E-state index in [4.69, 9.17) is 9.47 Å². The van der Waals surface area contributed by atoms with E-state index in [1.165, 1.54) is 13.2 Å². The van der Waals surface area contributed by atoms with Crippen LogP contribution in [0.4, 0.5) is 4.39 Å². The summed E-state index contributed by atoms with van der Waals surface area (Å²) in [5.74, 6) is 0.743. The number of nitrogens with one attached hydrogen (secondary N) is 1. The van der Waals surface area contributed by atoms with E-state index in [0.717, 1.165) is 25.8 Å². The van der Waals surface area contributed by atoms with E-state index in [0.29, 0.717) is 17.1 Å². The molecular formula is C15H24FNO2. The van der Waals surface area contributed by atoms with E-state index in [9.17, 15) is 4.39 Å². The summed E-state index contributed by atoms with van der Waals surface area (Å²) >= 11 is 0. The van der Waals surface area contributed by atoms with Gasteiger partial charge in [-0.15, -0.1) is 0 Å². The van der Waals surface area contributed by atoms with E-state index in [2.05, 4.69) is 19.2 Å². The maximum Gasteiger partial charge on any atom is 0.163 e. The Kier molecular flexibility index (Phi) is 6.64. The third-order valence-electron chi connectivity index (χ3n) is 3.10. The Morgan fingerprint density at radius 3 is 2.26 bits per heavy atom. The lowest BCUT2D eigenvalue weighted by Crippen LogP contribution is -2.23. The number of rotatable bonds is 8. The van der Waals surface area contributed by atoms with Gasteiger partial charge in [-0.1, -0.05) is 20.3 Å². The molecule has 0 aliphatic rings. The van der Waals surface area contributed by atoms with Crippen molar-refractivity contribution in [1.82, 2.24) is 5.32 Å². The summed E-state index contributed by atoms with van der Waals surface area (Å²) in [6.07, 6.45) is 2.91. The van der Waals surface area contributed by atoms with Gasteiger partial charge in [-0.3, -0.25) is 0 Å². The standard InChI is InChI=1S/C15H24FNO2/c1-5-7-13(17-8-6-2)11-9-14(18-3)15(19-4)10-12(11)16/h9-10,13,17H,5-8H2,1-4H3. The summed E-state index contributed by atoms with van der Waals surface area (Å²) in [6, 6.07) is 3.14. The molecule has 0 heterocycles. The van der Waals surface area contributed by atoms with Gasteiger partial charge in [-0.25, -0.2) is 4.39 Å². The lowest BCUT2D eigenvalue weighted by Gasteiger charge is -2.20. The van der Waals surface area contributed by atoms with Gasteiger partial charge in [0.05, 0.1) is 14.2 Å². The largest absolute Gasteiger partial charge is 0.493 e. The van der Waals surface area contributed by atoms with Gasteiger partial charge in [0, 0.05) is 17.7 Å². The number of methoxy groups -OCH3 is 2. The molecule has 1 aromatic carbocycles. The first-order valence-corrected chi connectivity index (χ1v) is 6.82. The Hall–Kier alpha value is -1.29. The van der Waals surface area contributed by atoms with Crippen LogP contribution in [0.5, 0.6) is 11.5 Å². The molecule has 0 bridgehead atoms. The highest BCUT2D eigenvalue weighted by Gasteiger charge is 2.18. The molecule has 19 heavy (non-hydrogen) atoms. The maximum atomic E-state index is 14.2. The second-order valence-corrected chi connectivity index (χ2v) is 4.52. The van der Waals surface area contributed by atoms with Gasteiger partial charge in [-0.05, 0) is 25.5 Å². The summed E-state index contributed by atoms with van der Waals surface area (Å²) in [6.45, 7) is 5.07. The summed E-state index contributed by atoms with van der Waals surface area (Å²) in [4.78, 5) is 0. The molecule has 0 saturated heterocycles. The van der Waals surface area contributed by atoms with Crippen LogP contribution in [0, 0.1) is 5.82 Å². The maximum absolute atomic E-state index is 14.2. The van der Waals surface area contributed by atoms with Gasteiger partial charge < -0.3 is 14.8 Å². The Labute approximate surface area is 115 Å². The van der Waals surface area contributed by atoms with E-state index in [-0.39, 0.29) is 11.9 Å². The normalized spacial score (nSPS) is 12.3. The number of halogens is 1. The SMILES string of the molecule is CCCNC(CCC)c1cc(OC)c(OC)cc1F. The molecule has 108 valence electrons. The Bertz CT molecular complexity index is 396. The second-order valence-electron chi connectivity index (χ2n) is 4.52. The van der Waals surface area contributed by atoms with Crippen molar-refractivity contribution in [1.29, 1.82) is 0 Å². The first kappa shape index (κ1) is 15.8. The van der Waals surface area contributed by atoms with Crippen molar-refractivity contribution < 1.29 is 13.9 Å². The first-order valence-electron chi connectivity index (χ1n) is 6.82. The minimum atomic E-state index is -0.250. The van der Waals surface area contributed by atoms with E-state index < -0.39 is 0 Å². The van der Waals surface area contributed by atoms with Crippen LogP contribution >= 0.6 is 0 Å². The van der Waals surface area contributed by atoms with Crippen molar-refractivity contribution in [2.45, 2.75) is 39.2 Å². The fourth-order valence-electron chi connectivity index (χ4n) is 2.11. The van der Waals surface area contributed by atoms with Crippen molar-refractivity contribution in [3.8, 4) is 11.5 Å².